The van der Waals surface area contributed by atoms with Gasteiger partial charge in [-0.25, -0.2) is 0 Å². The van der Waals surface area contributed by atoms with E-state index in [1.165, 1.54) is 21.8 Å². The second kappa shape index (κ2) is 5.42. The van der Waals surface area contributed by atoms with Gasteiger partial charge < -0.3 is 4.57 Å². The van der Waals surface area contributed by atoms with E-state index in [9.17, 15) is 0 Å². The summed E-state index contributed by atoms with van der Waals surface area (Å²) in [5.41, 5.74) is 2.92. The van der Waals surface area contributed by atoms with Crippen molar-refractivity contribution in [2.24, 2.45) is 11.3 Å². The molecule has 3 aromatic rings. The van der Waals surface area contributed by atoms with Crippen LogP contribution in [-0.2, 0) is 6.54 Å². The molecule has 2 heteroatoms. The fourth-order valence-corrected chi connectivity index (χ4v) is 3.69. The van der Waals surface area contributed by atoms with Crippen LogP contribution < -0.4 is 0 Å². The molecule has 1 unspecified atom stereocenters. The molecule has 1 atom stereocenters. The summed E-state index contributed by atoms with van der Waals surface area (Å²) in [4.78, 5) is 0. The van der Waals surface area contributed by atoms with Gasteiger partial charge in [0.1, 0.15) is 0 Å². The maximum atomic E-state index is 4.60. The summed E-state index contributed by atoms with van der Waals surface area (Å²) >= 11 is 4.60. The van der Waals surface area contributed by atoms with E-state index in [0.29, 0.717) is 5.92 Å². The average Bonchev–Trinajstić information content (AvgIpc) is 2.78. The molecule has 1 heterocycles. The van der Waals surface area contributed by atoms with E-state index in [-0.39, 0.29) is 5.41 Å². The third-order valence-electron chi connectivity index (χ3n) is 4.53. The maximum Gasteiger partial charge on any atom is 0.0491 e. The van der Waals surface area contributed by atoms with Crippen molar-refractivity contribution in [3.63, 3.8) is 0 Å². The molecule has 1 aromatic heterocycles. The number of para-hydroxylation sites is 2. The molecule has 0 fully saturated rings. The van der Waals surface area contributed by atoms with Crippen molar-refractivity contribution in [3.8, 4) is 0 Å². The number of benzene rings is 2. The van der Waals surface area contributed by atoms with Crippen LogP contribution in [0.3, 0.4) is 0 Å². The zero-order chi connectivity index (χ0) is 15.0. The Labute approximate surface area is 132 Å². The Balaban J connectivity index is 2.20. The topological polar surface area (TPSA) is 4.93 Å². The fourth-order valence-electron chi connectivity index (χ4n) is 3.03. The second-order valence-corrected chi connectivity index (χ2v) is 7.26. The summed E-state index contributed by atoms with van der Waals surface area (Å²) in [6.07, 6.45) is 0. The highest BCUT2D eigenvalue weighted by Crippen LogP contribution is 2.33. The monoisotopic (exact) mass is 297 g/mol. The van der Waals surface area contributed by atoms with Gasteiger partial charge in [0, 0.05) is 28.4 Å². The molecule has 0 radical (unpaired) electrons. The number of rotatable bonds is 3. The van der Waals surface area contributed by atoms with Crippen LogP contribution in [0.25, 0.3) is 21.8 Å². The molecule has 0 aliphatic heterocycles. The molecule has 21 heavy (non-hydrogen) atoms. The molecule has 0 bridgehead atoms. The van der Waals surface area contributed by atoms with Crippen LogP contribution in [0.4, 0.5) is 0 Å². The normalized spacial score (nSPS) is 13.9. The zero-order valence-corrected chi connectivity index (χ0v) is 13.9. The molecule has 0 amide bonds. The third kappa shape index (κ3) is 2.57. The minimum atomic E-state index is 0.258. The first-order chi connectivity index (χ1) is 10.0. The van der Waals surface area contributed by atoms with Gasteiger partial charge in [0.25, 0.3) is 0 Å². The number of nitrogens with zero attached hydrogens (tertiary/aromatic N) is 1. The maximum absolute atomic E-state index is 4.60. The Morgan fingerprint density at radius 1 is 0.905 bits per heavy atom. The van der Waals surface area contributed by atoms with Gasteiger partial charge in [-0.15, -0.1) is 0 Å². The first kappa shape index (κ1) is 14.5. The third-order valence-corrected chi connectivity index (χ3v) is 4.97. The van der Waals surface area contributed by atoms with Crippen LogP contribution in [-0.4, -0.2) is 10.3 Å². The highest BCUT2D eigenvalue weighted by atomic mass is 32.1. The minimum absolute atomic E-state index is 0.258. The van der Waals surface area contributed by atoms with Crippen LogP contribution in [0, 0.1) is 11.3 Å². The molecule has 0 spiro atoms. The summed E-state index contributed by atoms with van der Waals surface area (Å²) < 4.78 is 2.47. The highest BCUT2D eigenvalue weighted by Gasteiger charge is 2.25. The summed E-state index contributed by atoms with van der Waals surface area (Å²) in [6, 6.07) is 17.4. The Morgan fingerprint density at radius 2 is 1.38 bits per heavy atom. The van der Waals surface area contributed by atoms with Crippen molar-refractivity contribution in [2.45, 2.75) is 27.3 Å². The highest BCUT2D eigenvalue weighted by molar-refractivity contribution is 7.80. The van der Waals surface area contributed by atoms with E-state index in [1.807, 2.05) is 0 Å². The second-order valence-electron chi connectivity index (χ2n) is 6.89. The lowest BCUT2D eigenvalue weighted by molar-refractivity contribution is 0.242. The van der Waals surface area contributed by atoms with Gasteiger partial charge >= 0.3 is 0 Å². The van der Waals surface area contributed by atoms with E-state index in [2.05, 4.69) is 86.5 Å². The Morgan fingerprint density at radius 3 is 1.81 bits per heavy atom. The lowest BCUT2D eigenvalue weighted by Crippen LogP contribution is -2.26. The smallest absolute Gasteiger partial charge is 0.0491 e. The molecule has 0 aliphatic rings. The van der Waals surface area contributed by atoms with E-state index in [4.69, 9.17) is 0 Å². The van der Waals surface area contributed by atoms with E-state index < -0.39 is 0 Å². The molecular weight excluding hydrogens is 274 g/mol. The van der Waals surface area contributed by atoms with Crippen molar-refractivity contribution < 1.29 is 0 Å². The lowest BCUT2D eigenvalue weighted by Gasteiger charge is -2.30. The SMILES string of the molecule is CC(C)(C)C(CS)Cn1c2ccccc2c2ccccc21. The number of hydrogen-bond donors (Lipinski definition) is 1. The summed E-state index contributed by atoms with van der Waals surface area (Å²) in [6.45, 7) is 7.94. The Hall–Kier alpha value is -1.41. The van der Waals surface area contributed by atoms with Gasteiger partial charge in [0.2, 0.25) is 0 Å². The molecular formula is C19H23NS. The van der Waals surface area contributed by atoms with Crippen molar-refractivity contribution in [1.82, 2.24) is 4.57 Å². The largest absolute Gasteiger partial charge is 0.340 e. The average molecular weight is 297 g/mol. The molecule has 0 saturated carbocycles. The van der Waals surface area contributed by atoms with Gasteiger partial charge in [-0.3, -0.25) is 0 Å². The predicted octanol–water partition coefficient (Wildman–Crippen LogP) is 5.39. The molecule has 110 valence electrons. The van der Waals surface area contributed by atoms with Crippen LogP contribution in [0.5, 0.6) is 0 Å². The van der Waals surface area contributed by atoms with Crippen LogP contribution >= 0.6 is 12.6 Å². The van der Waals surface area contributed by atoms with E-state index in [1.54, 1.807) is 0 Å². The van der Waals surface area contributed by atoms with Crippen LogP contribution in [0.2, 0.25) is 0 Å². The van der Waals surface area contributed by atoms with Gasteiger partial charge in [0.15, 0.2) is 0 Å². The minimum Gasteiger partial charge on any atom is -0.340 e. The first-order valence-electron chi connectivity index (χ1n) is 7.59. The van der Waals surface area contributed by atoms with Gasteiger partial charge in [-0.1, -0.05) is 57.2 Å². The van der Waals surface area contributed by atoms with E-state index >= 15 is 0 Å². The number of aromatic nitrogens is 1. The standard InChI is InChI=1S/C19H23NS/c1-19(2,3)14(13-21)12-20-17-10-6-4-8-15(17)16-9-5-7-11-18(16)20/h4-11,14,21H,12-13H2,1-3H3. The molecule has 2 aromatic carbocycles. The number of hydrogen-bond acceptors (Lipinski definition) is 1. The summed E-state index contributed by atoms with van der Waals surface area (Å²) in [5.74, 6) is 1.45. The summed E-state index contributed by atoms with van der Waals surface area (Å²) in [7, 11) is 0. The number of thiol groups is 1. The predicted molar refractivity (Wildman–Crippen MR) is 96.2 cm³/mol. The van der Waals surface area contributed by atoms with Crippen molar-refractivity contribution in [1.29, 1.82) is 0 Å². The van der Waals surface area contributed by atoms with Crippen LogP contribution in [0.15, 0.2) is 48.5 Å². The molecule has 1 nitrogen and oxygen atoms in total. The Bertz CT molecular complexity index is 711. The zero-order valence-electron chi connectivity index (χ0n) is 13.0. The lowest BCUT2D eigenvalue weighted by atomic mass is 9.82. The first-order valence-corrected chi connectivity index (χ1v) is 8.22. The van der Waals surface area contributed by atoms with Crippen molar-refractivity contribution >= 4 is 34.4 Å². The molecule has 3 rings (SSSR count). The van der Waals surface area contributed by atoms with E-state index in [0.717, 1.165) is 12.3 Å². The van der Waals surface area contributed by atoms with Crippen molar-refractivity contribution in [2.75, 3.05) is 5.75 Å². The van der Waals surface area contributed by atoms with Gasteiger partial charge in [-0.2, -0.15) is 12.6 Å². The molecule has 0 N–H and O–H groups in total. The Kier molecular flexibility index (Phi) is 3.75. The summed E-state index contributed by atoms with van der Waals surface area (Å²) in [5, 5.41) is 2.69. The van der Waals surface area contributed by atoms with Gasteiger partial charge in [-0.05, 0) is 29.2 Å². The van der Waals surface area contributed by atoms with Gasteiger partial charge in [0.05, 0.1) is 0 Å². The number of fused-ring (bicyclic) bond motifs is 3. The van der Waals surface area contributed by atoms with Crippen LogP contribution in [0.1, 0.15) is 20.8 Å². The quantitative estimate of drug-likeness (QED) is 0.619. The fraction of sp³-hybridized carbons (Fsp3) is 0.368. The molecule has 0 aliphatic carbocycles. The molecule has 0 saturated heterocycles. The van der Waals surface area contributed by atoms with Crippen molar-refractivity contribution in [3.05, 3.63) is 48.5 Å².